The molecule has 176 valence electrons. The molecule has 2 aliphatic rings. The van der Waals surface area contributed by atoms with Crippen LogP contribution in [0.25, 0.3) is 0 Å². The van der Waals surface area contributed by atoms with Crippen LogP contribution in [0.2, 0.25) is 0 Å². The number of para-hydroxylation sites is 1. The molecule has 9 heteroatoms. The van der Waals surface area contributed by atoms with E-state index in [-0.39, 0.29) is 22.9 Å². The van der Waals surface area contributed by atoms with Gasteiger partial charge in [-0.1, -0.05) is 49.6 Å². The highest BCUT2D eigenvalue weighted by Gasteiger charge is 2.38. The quantitative estimate of drug-likeness (QED) is 0.576. The Hall–Kier alpha value is -3.07. The Morgan fingerprint density at radius 3 is 2.36 bits per heavy atom. The van der Waals surface area contributed by atoms with Crippen LogP contribution in [-0.4, -0.2) is 55.3 Å². The van der Waals surface area contributed by atoms with Crippen molar-refractivity contribution >= 4 is 27.7 Å². The molecule has 4 rings (SSSR count). The number of sulfonamides is 1. The molecule has 2 aromatic carbocycles. The van der Waals surface area contributed by atoms with Crippen LogP contribution in [0.1, 0.15) is 37.7 Å². The lowest BCUT2D eigenvalue weighted by Crippen LogP contribution is -2.42. The average molecular weight is 470 g/mol. The van der Waals surface area contributed by atoms with E-state index in [1.54, 1.807) is 24.3 Å². The predicted molar refractivity (Wildman–Crippen MR) is 129 cm³/mol. The van der Waals surface area contributed by atoms with Gasteiger partial charge in [-0.2, -0.15) is 0 Å². The number of anilines is 1. The largest absolute Gasteiger partial charge is 0.338 e. The van der Waals surface area contributed by atoms with Crippen LogP contribution in [-0.2, 0) is 16.4 Å². The van der Waals surface area contributed by atoms with E-state index in [2.05, 4.69) is 10.6 Å². The van der Waals surface area contributed by atoms with Crippen molar-refractivity contribution < 1.29 is 13.2 Å². The second-order valence-electron chi connectivity index (χ2n) is 8.53. The highest BCUT2D eigenvalue weighted by Crippen LogP contribution is 2.28. The van der Waals surface area contributed by atoms with Crippen LogP contribution in [0.15, 0.2) is 59.5 Å². The second-order valence-corrected chi connectivity index (χ2v) is 10.4. The van der Waals surface area contributed by atoms with E-state index in [1.165, 1.54) is 10.7 Å². The molecule has 1 aliphatic carbocycles. The molecule has 1 heterocycles. The summed E-state index contributed by atoms with van der Waals surface area (Å²) >= 11 is 0. The fourth-order valence-corrected chi connectivity index (χ4v) is 5.90. The number of carbonyl (C=O) groups excluding carboxylic acids is 1. The second kappa shape index (κ2) is 10.2. The van der Waals surface area contributed by atoms with Crippen LogP contribution in [0.5, 0.6) is 0 Å². The monoisotopic (exact) mass is 469 g/mol. The lowest BCUT2D eigenvalue weighted by molar-refractivity contribution is 0.252. The normalized spacial score (nSPS) is 17.3. The Kier molecular flexibility index (Phi) is 7.17. The van der Waals surface area contributed by atoms with Gasteiger partial charge in [0.25, 0.3) is 10.0 Å². The molecule has 1 saturated carbocycles. The van der Waals surface area contributed by atoms with Gasteiger partial charge in [-0.05, 0) is 49.1 Å². The number of benzene rings is 2. The summed E-state index contributed by atoms with van der Waals surface area (Å²) in [5.74, 6) is 0.0969. The summed E-state index contributed by atoms with van der Waals surface area (Å²) in [6, 6.07) is 15.9. The number of hydrogen-bond donors (Lipinski definition) is 3. The van der Waals surface area contributed by atoms with E-state index in [0.717, 1.165) is 36.9 Å². The summed E-state index contributed by atoms with van der Waals surface area (Å²) in [6.07, 6.45) is 6.15. The molecule has 33 heavy (non-hydrogen) atoms. The summed E-state index contributed by atoms with van der Waals surface area (Å²) < 4.78 is 27.5. The van der Waals surface area contributed by atoms with E-state index in [1.807, 2.05) is 35.2 Å². The van der Waals surface area contributed by atoms with Crippen molar-refractivity contribution in [3.05, 3.63) is 60.2 Å². The summed E-state index contributed by atoms with van der Waals surface area (Å²) in [5, 5.41) is 14.0. The van der Waals surface area contributed by atoms with E-state index >= 15 is 0 Å². The Morgan fingerprint density at radius 1 is 0.970 bits per heavy atom. The zero-order chi connectivity index (χ0) is 23.3. The highest BCUT2D eigenvalue weighted by atomic mass is 32.2. The van der Waals surface area contributed by atoms with Gasteiger partial charge in [0, 0.05) is 24.8 Å². The van der Waals surface area contributed by atoms with Crippen molar-refractivity contribution in [2.24, 2.45) is 0 Å². The lowest BCUT2D eigenvalue weighted by Gasteiger charge is -2.32. The van der Waals surface area contributed by atoms with Gasteiger partial charge in [0.15, 0.2) is 0 Å². The SMILES string of the molecule is N=C1N(C2CCCCC2)CCN1S(=O)(=O)c1ccc(CCNC(=O)Nc2ccccc2)cc1. The lowest BCUT2D eigenvalue weighted by atomic mass is 9.94. The Labute approximate surface area is 195 Å². The molecule has 3 N–H and O–H groups in total. The molecule has 0 aromatic heterocycles. The maximum atomic E-state index is 13.2. The first-order valence-electron chi connectivity index (χ1n) is 11.5. The van der Waals surface area contributed by atoms with E-state index in [4.69, 9.17) is 5.41 Å². The number of hydrogen-bond acceptors (Lipinski definition) is 4. The van der Waals surface area contributed by atoms with Gasteiger partial charge in [0.05, 0.1) is 11.4 Å². The van der Waals surface area contributed by atoms with Crippen molar-refractivity contribution in [3.8, 4) is 0 Å². The number of urea groups is 1. The van der Waals surface area contributed by atoms with Crippen molar-refractivity contribution in [2.45, 2.75) is 49.5 Å². The molecule has 0 radical (unpaired) electrons. The Balaban J connectivity index is 1.30. The molecular formula is C24H31N5O3S. The summed E-state index contributed by atoms with van der Waals surface area (Å²) in [4.78, 5) is 14.1. The number of nitrogens with one attached hydrogen (secondary N) is 3. The first-order valence-corrected chi connectivity index (χ1v) is 13.0. The minimum Gasteiger partial charge on any atom is -0.338 e. The van der Waals surface area contributed by atoms with E-state index < -0.39 is 10.0 Å². The molecular weight excluding hydrogens is 438 g/mol. The zero-order valence-electron chi connectivity index (χ0n) is 18.7. The fourth-order valence-electron chi connectivity index (χ4n) is 4.51. The molecule has 0 unspecified atom stereocenters. The minimum atomic E-state index is -3.76. The third kappa shape index (κ3) is 5.47. The van der Waals surface area contributed by atoms with Crippen LogP contribution < -0.4 is 10.6 Å². The molecule has 0 spiro atoms. The van der Waals surface area contributed by atoms with Crippen LogP contribution in [0.3, 0.4) is 0 Å². The number of guanidine groups is 1. The van der Waals surface area contributed by atoms with Crippen LogP contribution in [0, 0.1) is 5.41 Å². The van der Waals surface area contributed by atoms with Gasteiger partial charge in [-0.15, -0.1) is 0 Å². The standard InChI is InChI=1S/C24H31N5O3S/c25-23-28(21-9-5-2-6-10-21)17-18-29(23)33(31,32)22-13-11-19(12-14-22)15-16-26-24(30)27-20-7-3-1-4-8-20/h1,3-4,7-8,11-14,21,25H,2,5-6,9-10,15-18H2,(H2,26,27,30). The first-order chi connectivity index (χ1) is 15.9. The molecule has 2 aromatic rings. The van der Waals surface area contributed by atoms with Gasteiger partial charge < -0.3 is 15.5 Å². The predicted octanol–water partition coefficient (Wildman–Crippen LogP) is 3.62. The maximum absolute atomic E-state index is 13.2. The highest BCUT2D eigenvalue weighted by molar-refractivity contribution is 7.89. The molecule has 0 bridgehead atoms. The fraction of sp³-hybridized carbons (Fsp3) is 0.417. The Bertz CT molecular complexity index is 1070. The van der Waals surface area contributed by atoms with Gasteiger partial charge in [-0.25, -0.2) is 17.5 Å². The van der Waals surface area contributed by atoms with Crippen molar-refractivity contribution in [1.82, 2.24) is 14.5 Å². The van der Waals surface area contributed by atoms with Gasteiger partial charge in [-0.3, -0.25) is 5.41 Å². The summed E-state index contributed by atoms with van der Waals surface area (Å²) in [5.41, 5.74) is 1.65. The zero-order valence-corrected chi connectivity index (χ0v) is 19.5. The molecule has 1 saturated heterocycles. The summed E-state index contributed by atoms with van der Waals surface area (Å²) in [6.45, 7) is 1.33. The van der Waals surface area contributed by atoms with E-state index in [9.17, 15) is 13.2 Å². The van der Waals surface area contributed by atoms with Crippen LogP contribution >= 0.6 is 0 Å². The molecule has 8 nitrogen and oxygen atoms in total. The van der Waals surface area contributed by atoms with E-state index in [0.29, 0.717) is 26.1 Å². The Morgan fingerprint density at radius 2 is 1.67 bits per heavy atom. The summed E-state index contributed by atoms with van der Waals surface area (Å²) in [7, 11) is -3.76. The van der Waals surface area contributed by atoms with Crippen LogP contribution in [0.4, 0.5) is 10.5 Å². The third-order valence-corrected chi connectivity index (χ3v) is 8.11. The average Bonchev–Trinajstić information content (AvgIpc) is 3.23. The number of carbonyl (C=O) groups is 1. The molecule has 2 fully saturated rings. The van der Waals surface area contributed by atoms with Crippen molar-refractivity contribution in [3.63, 3.8) is 0 Å². The first kappa shape index (κ1) is 23.1. The molecule has 0 atom stereocenters. The minimum absolute atomic E-state index is 0.0969. The number of nitrogens with zero attached hydrogens (tertiary/aromatic N) is 2. The topological polar surface area (TPSA) is 106 Å². The molecule has 2 amide bonds. The molecule has 1 aliphatic heterocycles. The number of rotatable bonds is 7. The van der Waals surface area contributed by atoms with Gasteiger partial charge >= 0.3 is 6.03 Å². The number of amides is 2. The third-order valence-electron chi connectivity index (χ3n) is 6.31. The van der Waals surface area contributed by atoms with Gasteiger partial charge in [0.2, 0.25) is 5.96 Å². The smallest absolute Gasteiger partial charge is 0.319 e. The van der Waals surface area contributed by atoms with Gasteiger partial charge in [0.1, 0.15) is 0 Å². The van der Waals surface area contributed by atoms with Crippen molar-refractivity contribution in [1.29, 1.82) is 5.41 Å². The maximum Gasteiger partial charge on any atom is 0.319 e. The van der Waals surface area contributed by atoms with Crippen molar-refractivity contribution in [2.75, 3.05) is 25.0 Å².